The van der Waals surface area contributed by atoms with Crippen LogP contribution in [0.1, 0.15) is 5.69 Å². The fraction of sp³-hybridized carbons (Fsp3) is 0.300. The summed E-state index contributed by atoms with van der Waals surface area (Å²) in [5, 5.41) is 5.32. The average Bonchev–Trinajstić information content (AvgIpc) is 2.43. The zero-order valence-electron chi connectivity index (χ0n) is 8.53. The molecule has 2 rings (SSSR count). The van der Waals surface area contributed by atoms with Crippen LogP contribution in [0.2, 0.25) is 0 Å². The highest BCUT2D eigenvalue weighted by atomic mass is 16.5. The molecule has 1 heterocycles. The zero-order chi connectivity index (χ0) is 10.3. The fourth-order valence-corrected chi connectivity index (χ4v) is 1.76. The van der Waals surface area contributed by atoms with E-state index < -0.39 is 0 Å². The quantitative estimate of drug-likeness (QED) is 0.694. The van der Waals surface area contributed by atoms with E-state index in [2.05, 4.69) is 5.10 Å². The highest BCUT2D eigenvalue weighted by Gasteiger charge is 2.12. The van der Waals surface area contributed by atoms with Gasteiger partial charge in [0.25, 0.3) is 0 Å². The van der Waals surface area contributed by atoms with Crippen LogP contribution in [-0.2, 0) is 7.05 Å². The van der Waals surface area contributed by atoms with Gasteiger partial charge in [-0.2, -0.15) is 5.10 Å². The normalized spacial score (nSPS) is 10.8. The third-order valence-corrected chi connectivity index (χ3v) is 2.38. The summed E-state index contributed by atoms with van der Waals surface area (Å²) in [6.07, 6.45) is 0. The zero-order valence-corrected chi connectivity index (χ0v) is 8.53. The molecular weight excluding hydrogens is 178 g/mol. The number of rotatable bonds is 1. The predicted octanol–water partition coefficient (Wildman–Crippen LogP) is 1.47. The van der Waals surface area contributed by atoms with Crippen LogP contribution in [0.5, 0.6) is 5.75 Å². The molecular formula is C10H13N3O. The Morgan fingerprint density at radius 3 is 2.79 bits per heavy atom. The molecule has 1 aromatic carbocycles. The molecule has 2 aromatic rings. The van der Waals surface area contributed by atoms with Gasteiger partial charge in [0.15, 0.2) is 5.75 Å². The van der Waals surface area contributed by atoms with Crippen molar-refractivity contribution in [1.29, 1.82) is 0 Å². The summed E-state index contributed by atoms with van der Waals surface area (Å²) in [5.41, 5.74) is 8.43. The van der Waals surface area contributed by atoms with Crippen LogP contribution < -0.4 is 10.5 Å². The van der Waals surface area contributed by atoms with Gasteiger partial charge in [0.1, 0.15) is 0 Å². The Kier molecular flexibility index (Phi) is 1.84. The summed E-state index contributed by atoms with van der Waals surface area (Å²) >= 11 is 0. The second-order valence-corrected chi connectivity index (χ2v) is 3.29. The van der Waals surface area contributed by atoms with Crippen molar-refractivity contribution >= 4 is 16.6 Å². The Morgan fingerprint density at radius 2 is 2.14 bits per heavy atom. The Labute approximate surface area is 82.3 Å². The van der Waals surface area contributed by atoms with E-state index in [0.29, 0.717) is 11.4 Å². The minimum Gasteiger partial charge on any atom is -0.494 e. The molecule has 0 aliphatic carbocycles. The standard InChI is InChI=1S/C10H13N3O/c1-6-9-8(13(2)12-6)5-4-7(11)10(9)14-3/h4-5H,11H2,1-3H3. The SMILES string of the molecule is COc1c(N)ccc2c1c(C)nn2C. The summed E-state index contributed by atoms with van der Waals surface area (Å²) in [7, 11) is 3.53. The van der Waals surface area contributed by atoms with E-state index in [-0.39, 0.29) is 0 Å². The smallest absolute Gasteiger partial charge is 0.153 e. The number of hydrogen-bond donors (Lipinski definition) is 1. The van der Waals surface area contributed by atoms with Gasteiger partial charge < -0.3 is 10.5 Å². The molecule has 0 atom stereocenters. The number of aryl methyl sites for hydroxylation is 2. The lowest BCUT2D eigenvalue weighted by Gasteiger charge is -2.05. The maximum absolute atomic E-state index is 5.81. The third kappa shape index (κ3) is 1.04. The van der Waals surface area contributed by atoms with Crippen molar-refractivity contribution in [2.24, 2.45) is 7.05 Å². The highest BCUT2D eigenvalue weighted by molar-refractivity contribution is 5.92. The lowest BCUT2D eigenvalue weighted by atomic mass is 10.1. The number of nitrogens with zero attached hydrogens (tertiary/aromatic N) is 2. The molecule has 0 fully saturated rings. The van der Waals surface area contributed by atoms with Crippen molar-refractivity contribution in [3.05, 3.63) is 17.8 Å². The van der Waals surface area contributed by atoms with E-state index in [4.69, 9.17) is 10.5 Å². The van der Waals surface area contributed by atoms with Crippen LogP contribution in [0, 0.1) is 6.92 Å². The number of nitrogen functional groups attached to an aromatic ring is 1. The number of benzene rings is 1. The predicted molar refractivity (Wildman–Crippen MR) is 56.4 cm³/mol. The molecule has 14 heavy (non-hydrogen) atoms. The van der Waals surface area contributed by atoms with Crippen molar-refractivity contribution < 1.29 is 4.74 Å². The number of anilines is 1. The summed E-state index contributed by atoms with van der Waals surface area (Å²) in [4.78, 5) is 0. The van der Waals surface area contributed by atoms with Crippen LogP contribution in [0.3, 0.4) is 0 Å². The second kappa shape index (κ2) is 2.90. The largest absolute Gasteiger partial charge is 0.494 e. The number of nitrogens with two attached hydrogens (primary N) is 1. The minimum absolute atomic E-state index is 0.649. The van der Waals surface area contributed by atoms with Gasteiger partial charge >= 0.3 is 0 Å². The molecule has 0 amide bonds. The molecule has 0 saturated carbocycles. The number of methoxy groups -OCH3 is 1. The molecule has 4 heteroatoms. The molecule has 0 aliphatic heterocycles. The molecule has 0 bridgehead atoms. The van der Waals surface area contributed by atoms with Crippen LogP contribution >= 0.6 is 0 Å². The fourth-order valence-electron chi connectivity index (χ4n) is 1.76. The first-order chi connectivity index (χ1) is 6.65. The Morgan fingerprint density at radius 1 is 1.43 bits per heavy atom. The van der Waals surface area contributed by atoms with Crippen molar-refractivity contribution in [3.8, 4) is 5.75 Å². The van der Waals surface area contributed by atoms with Crippen molar-refractivity contribution in [2.45, 2.75) is 6.92 Å². The summed E-state index contributed by atoms with van der Waals surface area (Å²) in [6.45, 7) is 1.95. The van der Waals surface area contributed by atoms with E-state index in [1.807, 2.05) is 30.8 Å². The number of hydrogen-bond acceptors (Lipinski definition) is 3. The molecule has 74 valence electrons. The number of ether oxygens (including phenoxy) is 1. The minimum atomic E-state index is 0.649. The third-order valence-electron chi connectivity index (χ3n) is 2.38. The molecule has 4 nitrogen and oxygen atoms in total. The van der Waals surface area contributed by atoms with Gasteiger partial charge in [-0.15, -0.1) is 0 Å². The Bertz CT molecular complexity index is 488. The summed E-state index contributed by atoms with van der Waals surface area (Å²) in [6, 6.07) is 3.79. The second-order valence-electron chi connectivity index (χ2n) is 3.29. The number of fused-ring (bicyclic) bond motifs is 1. The van der Waals surface area contributed by atoms with E-state index >= 15 is 0 Å². The first-order valence-electron chi connectivity index (χ1n) is 4.41. The van der Waals surface area contributed by atoms with Gasteiger partial charge in [-0.1, -0.05) is 0 Å². The van der Waals surface area contributed by atoms with Gasteiger partial charge in [-0.25, -0.2) is 0 Å². The van der Waals surface area contributed by atoms with E-state index in [0.717, 1.165) is 16.6 Å². The first kappa shape index (κ1) is 8.87. The molecule has 0 aliphatic rings. The molecule has 1 aromatic heterocycles. The molecule has 0 saturated heterocycles. The molecule has 0 radical (unpaired) electrons. The summed E-state index contributed by atoms with van der Waals surface area (Å²) in [5.74, 6) is 0.716. The lowest BCUT2D eigenvalue weighted by Crippen LogP contribution is -1.93. The topological polar surface area (TPSA) is 53.1 Å². The van der Waals surface area contributed by atoms with Gasteiger partial charge in [0.2, 0.25) is 0 Å². The monoisotopic (exact) mass is 191 g/mol. The maximum Gasteiger partial charge on any atom is 0.153 e. The van der Waals surface area contributed by atoms with E-state index in [1.54, 1.807) is 7.11 Å². The average molecular weight is 191 g/mol. The maximum atomic E-state index is 5.81. The van der Waals surface area contributed by atoms with Crippen LogP contribution in [0.4, 0.5) is 5.69 Å². The van der Waals surface area contributed by atoms with Crippen LogP contribution in [0.25, 0.3) is 10.9 Å². The van der Waals surface area contributed by atoms with Crippen molar-refractivity contribution in [2.75, 3.05) is 12.8 Å². The van der Waals surface area contributed by atoms with E-state index in [9.17, 15) is 0 Å². The lowest BCUT2D eigenvalue weighted by molar-refractivity contribution is 0.422. The first-order valence-corrected chi connectivity index (χ1v) is 4.41. The van der Waals surface area contributed by atoms with Gasteiger partial charge in [-0.05, 0) is 19.1 Å². The Balaban J connectivity index is 2.92. The van der Waals surface area contributed by atoms with Crippen molar-refractivity contribution in [1.82, 2.24) is 9.78 Å². The molecule has 0 unspecified atom stereocenters. The van der Waals surface area contributed by atoms with Gasteiger partial charge in [-0.3, -0.25) is 4.68 Å². The molecule has 2 N–H and O–H groups in total. The Hall–Kier alpha value is -1.71. The van der Waals surface area contributed by atoms with Gasteiger partial charge in [0, 0.05) is 7.05 Å². The number of aromatic nitrogens is 2. The van der Waals surface area contributed by atoms with E-state index in [1.165, 1.54) is 0 Å². The van der Waals surface area contributed by atoms with Crippen molar-refractivity contribution in [3.63, 3.8) is 0 Å². The highest BCUT2D eigenvalue weighted by Crippen LogP contribution is 2.33. The summed E-state index contributed by atoms with van der Waals surface area (Å²) < 4.78 is 7.10. The van der Waals surface area contributed by atoms with Gasteiger partial charge in [0.05, 0.1) is 29.4 Å². The van der Waals surface area contributed by atoms with Crippen LogP contribution in [-0.4, -0.2) is 16.9 Å². The molecule has 0 spiro atoms. The van der Waals surface area contributed by atoms with Crippen LogP contribution in [0.15, 0.2) is 12.1 Å².